The monoisotopic (exact) mass is 422 g/mol. The van der Waals surface area contributed by atoms with E-state index < -0.39 is 8.32 Å². The Labute approximate surface area is 179 Å². The van der Waals surface area contributed by atoms with E-state index in [4.69, 9.17) is 13.9 Å². The number of aliphatic hydroxyl groups is 1. The summed E-state index contributed by atoms with van der Waals surface area (Å²) >= 11 is 0. The van der Waals surface area contributed by atoms with Crippen LogP contribution in [0.2, 0.25) is 16.6 Å². The van der Waals surface area contributed by atoms with Gasteiger partial charge in [-0.1, -0.05) is 53.7 Å². The zero-order valence-electron chi connectivity index (χ0n) is 19.7. The van der Waals surface area contributed by atoms with E-state index in [-0.39, 0.29) is 18.6 Å². The Kier molecular flexibility index (Phi) is 10.4. The first kappa shape index (κ1) is 25.7. The van der Waals surface area contributed by atoms with E-state index in [9.17, 15) is 5.11 Å². The number of aliphatic hydroxyl groups excluding tert-OH is 1. The highest BCUT2D eigenvalue weighted by molar-refractivity contribution is 6.77. The zero-order chi connectivity index (χ0) is 22.2. The van der Waals surface area contributed by atoms with Gasteiger partial charge in [0.25, 0.3) is 0 Å². The van der Waals surface area contributed by atoms with Crippen LogP contribution >= 0.6 is 0 Å². The van der Waals surface area contributed by atoms with Gasteiger partial charge >= 0.3 is 0 Å². The van der Waals surface area contributed by atoms with E-state index in [2.05, 4.69) is 48.1 Å². The third-order valence-electron chi connectivity index (χ3n) is 6.18. The van der Waals surface area contributed by atoms with Crippen LogP contribution < -0.4 is 9.47 Å². The molecule has 5 heteroatoms. The zero-order valence-corrected chi connectivity index (χ0v) is 20.7. The molecule has 2 atom stereocenters. The molecule has 0 bridgehead atoms. The summed E-state index contributed by atoms with van der Waals surface area (Å²) < 4.78 is 18.1. The lowest BCUT2D eigenvalue weighted by molar-refractivity contribution is 0.0667. The molecule has 1 aromatic carbocycles. The summed E-state index contributed by atoms with van der Waals surface area (Å²) in [5.41, 5.74) is 2.42. The first-order chi connectivity index (χ1) is 13.7. The van der Waals surface area contributed by atoms with Gasteiger partial charge in [-0.05, 0) is 47.2 Å². The maximum Gasteiger partial charge on any atom is 0.201 e. The van der Waals surface area contributed by atoms with Crippen molar-refractivity contribution in [3.05, 3.63) is 36.4 Å². The van der Waals surface area contributed by atoms with Crippen molar-refractivity contribution < 1.29 is 19.0 Å². The van der Waals surface area contributed by atoms with Gasteiger partial charge in [-0.3, -0.25) is 0 Å². The number of allylic oxidation sites excluding steroid dienone is 1. The van der Waals surface area contributed by atoms with Crippen molar-refractivity contribution in [2.75, 3.05) is 20.8 Å². The van der Waals surface area contributed by atoms with Gasteiger partial charge in [0.2, 0.25) is 8.32 Å². The Morgan fingerprint density at radius 3 is 1.93 bits per heavy atom. The summed E-state index contributed by atoms with van der Waals surface area (Å²) in [5.74, 6) is 1.38. The Morgan fingerprint density at radius 2 is 1.52 bits per heavy atom. The van der Waals surface area contributed by atoms with E-state index in [0.29, 0.717) is 28.1 Å². The number of hydrogen-bond donors (Lipinski definition) is 1. The van der Waals surface area contributed by atoms with Crippen molar-refractivity contribution >= 4 is 8.32 Å². The molecule has 1 N–H and O–H groups in total. The van der Waals surface area contributed by atoms with Gasteiger partial charge in [0, 0.05) is 12.5 Å². The van der Waals surface area contributed by atoms with E-state index in [1.807, 2.05) is 24.3 Å². The van der Waals surface area contributed by atoms with Gasteiger partial charge in [-0.15, -0.1) is 6.58 Å². The molecule has 0 aliphatic rings. The standard InChI is InChI=1S/C24H42O4Si/c1-10-11-12-21(16-25)24(20-13-14-22(26-8)23(15-20)27-9)28-29(17(2)3,18(4)5)19(6)7/h10,13-15,17-19,21,24-25H,1,11-12,16H2,2-9H3/t21-,24-/m1/s1. The molecule has 29 heavy (non-hydrogen) atoms. The van der Waals surface area contributed by atoms with E-state index >= 15 is 0 Å². The molecule has 0 radical (unpaired) electrons. The van der Waals surface area contributed by atoms with Crippen LogP contribution in [0.15, 0.2) is 30.9 Å². The number of ether oxygens (including phenoxy) is 2. The molecule has 0 aliphatic carbocycles. The Hall–Kier alpha value is -1.30. The second-order valence-electron chi connectivity index (χ2n) is 8.78. The molecule has 0 aliphatic heterocycles. The lowest BCUT2D eigenvalue weighted by Gasteiger charge is -2.46. The largest absolute Gasteiger partial charge is 0.493 e. The molecule has 1 rings (SSSR count). The average molecular weight is 423 g/mol. The van der Waals surface area contributed by atoms with E-state index in [0.717, 1.165) is 18.4 Å². The smallest absolute Gasteiger partial charge is 0.201 e. The molecule has 1 aromatic rings. The lowest BCUT2D eigenvalue weighted by atomic mass is 9.92. The van der Waals surface area contributed by atoms with Gasteiger partial charge in [0.1, 0.15) is 0 Å². The molecule has 0 fully saturated rings. The van der Waals surface area contributed by atoms with E-state index in [1.165, 1.54) is 0 Å². The quantitative estimate of drug-likeness (QED) is 0.291. The second kappa shape index (κ2) is 11.8. The minimum Gasteiger partial charge on any atom is -0.493 e. The van der Waals surface area contributed by atoms with Gasteiger partial charge in [-0.25, -0.2) is 0 Å². The third-order valence-corrected chi connectivity index (χ3v) is 12.3. The van der Waals surface area contributed by atoms with Crippen molar-refractivity contribution in [2.24, 2.45) is 5.92 Å². The third kappa shape index (κ3) is 5.86. The maximum atomic E-state index is 10.3. The van der Waals surface area contributed by atoms with Gasteiger partial charge in [-0.2, -0.15) is 0 Å². The van der Waals surface area contributed by atoms with Crippen LogP contribution in [-0.2, 0) is 4.43 Å². The average Bonchev–Trinajstić information content (AvgIpc) is 2.69. The first-order valence-electron chi connectivity index (χ1n) is 10.8. The molecular weight excluding hydrogens is 380 g/mol. The molecule has 0 saturated carbocycles. The number of benzene rings is 1. The summed E-state index contributed by atoms with van der Waals surface area (Å²) in [7, 11) is 1.14. The van der Waals surface area contributed by atoms with Crippen molar-refractivity contribution in [3.8, 4) is 11.5 Å². The molecule has 0 amide bonds. The maximum absolute atomic E-state index is 10.3. The van der Waals surface area contributed by atoms with Crippen LogP contribution in [0.3, 0.4) is 0 Å². The number of rotatable bonds is 13. The number of methoxy groups -OCH3 is 2. The number of hydrogen-bond acceptors (Lipinski definition) is 4. The molecule has 0 unspecified atom stereocenters. The summed E-state index contributed by atoms with van der Waals surface area (Å²) in [4.78, 5) is 0. The van der Waals surface area contributed by atoms with Crippen LogP contribution in [0.25, 0.3) is 0 Å². The van der Waals surface area contributed by atoms with Crippen LogP contribution in [0.5, 0.6) is 11.5 Å². The predicted octanol–water partition coefficient (Wildman–Crippen LogP) is 6.51. The highest BCUT2D eigenvalue weighted by Gasteiger charge is 2.47. The lowest BCUT2D eigenvalue weighted by Crippen LogP contribution is -2.49. The normalized spacial score (nSPS) is 14.3. The molecule has 0 saturated heterocycles. The minimum absolute atomic E-state index is 0.00535. The van der Waals surface area contributed by atoms with Crippen molar-refractivity contribution in [1.82, 2.24) is 0 Å². The summed E-state index contributed by atoms with van der Waals surface area (Å²) in [5, 5.41) is 10.3. The van der Waals surface area contributed by atoms with Gasteiger partial charge in [0.15, 0.2) is 11.5 Å². The fourth-order valence-corrected chi connectivity index (χ4v) is 10.3. The first-order valence-corrected chi connectivity index (χ1v) is 12.9. The second-order valence-corrected chi connectivity index (χ2v) is 14.2. The minimum atomic E-state index is -2.15. The Balaban J connectivity index is 3.53. The Bertz CT molecular complexity index is 606. The molecule has 0 aromatic heterocycles. The van der Waals surface area contributed by atoms with Crippen molar-refractivity contribution in [1.29, 1.82) is 0 Å². The molecule has 0 heterocycles. The van der Waals surface area contributed by atoms with Crippen LogP contribution in [0.4, 0.5) is 0 Å². The summed E-state index contributed by atoms with van der Waals surface area (Å²) in [6, 6.07) is 5.97. The predicted molar refractivity (Wildman–Crippen MR) is 124 cm³/mol. The highest BCUT2D eigenvalue weighted by Crippen LogP contribution is 2.47. The summed E-state index contributed by atoms with van der Waals surface area (Å²) in [6.45, 7) is 17.7. The van der Waals surface area contributed by atoms with Crippen LogP contribution in [0.1, 0.15) is 66.1 Å². The van der Waals surface area contributed by atoms with Crippen LogP contribution in [0, 0.1) is 5.92 Å². The van der Waals surface area contributed by atoms with Crippen LogP contribution in [-0.4, -0.2) is 34.3 Å². The fraction of sp³-hybridized carbons (Fsp3) is 0.667. The molecular formula is C24H42O4Si. The Morgan fingerprint density at radius 1 is 0.966 bits per heavy atom. The summed E-state index contributed by atoms with van der Waals surface area (Å²) in [6.07, 6.45) is 3.39. The van der Waals surface area contributed by atoms with Crippen molar-refractivity contribution in [2.45, 2.75) is 77.1 Å². The topological polar surface area (TPSA) is 47.9 Å². The van der Waals surface area contributed by atoms with Gasteiger partial charge in [0.05, 0.1) is 20.3 Å². The fourth-order valence-electron chi connectivity index (χ4n) is 4.76. The van der Waals surface area contributed by atoms with Gasteiger partial charge < -0.3 is 19.0 Å². The SMILES string of the molecule is C=CCC[C@H](CO)[C@H](O[Si](C(C)C)(C(C)C)C(C)C)c1ccc(OC)c(OC)c1. The van der Waals surface area contributed by atoms with E-state index in [1.54, 1.807) is 14.2 Å². The molecule has 166 valence electrons. The molecule has 0 spiro atoms. The highest BCUT2D eigenvalue weighted by atomic mass is 28.4. The van der Waals surface area contributed by atoms with Crippen molar-refractivity contribution in [3.63, 3.8) is 0 Å². The molecule has 4 nitrogen and oxygen atoms in total.